The van der Waals surface area contributed by atoms with Crippen molar-refractivity contribution < 1.29 is 9.46 Å². The molecule has 5 heavy (non-hydrogen) atoms. The summed E-state index contributed by atoms with van der Waals surface area (Å²) in [6.07, 6.45) is 0.818. The largest absolute Gasteiger partial charge is 0.292 e. The average Bonchev–Trinajstić information content (AvgIpc) is 1.76. The van der Waals surface area contributed by atoms with Crippen molar-refractivity contribution in [3.63, 3.8) is 0 Å². The van der Waals surface area contributed by atoms with Gasteiger partial charge in [0.2, 0.25) is 0 Å². The molecule has 1 rings (SSSR count). The normalized spacial score (nSPS) is 24.0. The first-order valence-electron chi connectivity index (χ1n) is 1.26. The quantitative estimate of drug-likeness (QED) is 0.293. The van der Waals surface area contributed by atoms with Crippen LogP contribution in [0.4, 0.5) is 0 Å². The predicted octanol–water partition coefficient (Wildman–Crippen LogP) is -0.856. The van der Waals surface area contributed by atoms with Crippen molar-refractivity contribution in [3.05, 3.63) is 0 Å². The van der Waals surface area contributed by atoms with Gasteiger partial charge in [0.1, 0.15) is 9.04 Å². The van der Waals surface area contributed by atoms with Crippen molar-refractivity contribution in [2.75, 3.05) is 6.23 Å². The molecular weight excluding hydrogens is 100 g/mol. The third-order valence-electron chi connectivity index (χ3n) is 0.304. The predicted molar refractivity (Wildman–Crippen MR) is 18.5 cm³/mol. The van der Waals surface area contributed by atoms with E-state index in [2.05, 4.69) is 9.46 Å². The van der Waals surface area contributed by atoms with E-state index >= 15 is 0 Å². The molecule has 0 spiro atoms. The molecule has 4 heteroatoms. The van der Waals surface area contributed by atoms with E-state index in [1.54, 1.807) is 0 Å². The number of rotatable bonds is 0. The lowest BCUT2D eigenvalue weighted by molar-refractivity contribution is -0.177. The molecule has 0 atom stereocenters. The van der Waals surface area contributed by atoms with Crippen molar-refractivity contribution >= 4 is 18.3 Å². The van der Waals surface area contributed by atoms with Crippen LogP contribution in [0.2, 0.25) is 0 Å². The Bertz CT molecular complexity index is 19.2. The molecule has 0 aromatic heterocycles. The first-order valence-corrected chi connectivity index (χ1v) is 4.38. The van der Waals surface area contributed by atoms with Gasteiger partial charge in [0.25, 0.3) is 9.28 Å². The second-order valence-electron chi connectivity index (χ2n) is 0.624. The third kappa shape index (κ3) is 0.842. The molecule has 0 aromatic carbocycles. The van der Waals surface area contributed by atoms with E-state index in [-0.39, 0.29) is 0 Å². The van der Waals surface area contributed by atoms with Crippen LogP contribution in [0.5, 0.6) is 0 Å². The minimum atomic E-state index is 0.614. The lowest BCUT2D eigenvalue weighted by atomic mass is 11.7. The van der Waals surface area contributed by atoms with Crippen LogP contribution in [0.1, 0.15) is 0 Å². The van der Waals surface area contributed by atoms with E-state index < -0.39 is 0 Å². The minimum absolute atomic E-state index is 0.614. The second kappa shape index (κ2) is 1.71. The van der Waals surface area contributed by atoms with Crippen LogP contribution in [0.3, 0.4) is 0 Å². The van der Waals surface area contributed by atoms with Gasteiger partial charge in [-0.05, 0) is 0 Å². The van der Waals surface area contributed by atoms with E-state index in [4.69, 9.17) is 0 Å². The van der Waals surface area contributed by atoms with Crippen molar-refractivity contribution in [2.24, 2.45) is 0 Å². The van der Waals surface area contributed by atoms with Gasteiger partial charge >= 0.3 is 0 Å². The summed E-state index contributed by atoms with van der Waals surface area (Å²) in [5.74, 6) is 0. The third-order valence-corrected chi connectivity index (χ3v) is 2.03. The van der Waals surface area contributed by atoms with Gasteiger partial charge in [0.05, 0.1) is 6.23 Å². The topological polar surface area (TPSA) is 18.5 Å². The van der Waals surface area contributed by atoms with Gasteiger partial charge in [0.15, 0.2) is 0 Å². The molecular formula is CH2O2Si2. The van der Waals surface area contributed by atoms with Crippen molar-refractivity contribution in [2.45, 2.75) is 0 Å². The highest BCUT2D eigenvalue weighted by molar-refractivity contribution is 6.97. The molecule has 1 fully saturated rings. The van der Waals surface area contributed by atoms with E-state index in [0.29, 0.717) is 9.28 Å². The van der Waals surface area contributed by atoms with E-state index in [1.807, 2.05) is 0 Å². The van der Waals surface area contributed by atoms with Crippen molar-refractivity contribution in [3.8, 4) is 0 Å². The first-order chi connectivity index (χ1) is 2.50. The summed E-state index contributed by atoms with van der Waals surface area (Å²) in [5.41, 5.74) is 0. The standard InChI is InChI=1S/CH2O2Si2/c1-2-3-5-4-1/h1H2. The highest BCUT2D eigenvalue weighted by atomic mass is 29.2. The minimum Gasteiger partial charge on any atom is -0.292 e. The van der Waals surface area contributed by atoms with Crippen LogP contribution < -0.4 is 0 Å². The first kappa shape index (κ1) is 3.54. The maximum atomic E-state index is 4.48. The SMILES string of the molecule is C1OO[Si][Si]1. The summed E-state index contributed by atoms with van der Waals surface area (Å²) in [5, 5.41) is 0. The fraction of sp³-hybridized carbons (Fsp3) is 1.00. The fourth-order valence-corrected chi connectivity index (χ4v) is 1.33. The molecule has 26 valence electrons. The molecule has 0 bridgehead atoms. The van der Waals surface area contributed by atoms with Gasteiger partial charge in [-0.15, -0.1) is 0 Å². The lowest BCUT2D eigenvalue weighted by Gasteiger charge is -1.79. The molecule has 1 saturated heterocycles. The Morgan fingerprint density at radius 2 is 2.60 bits per heavy atom. The monoisotopic (exact) mass is 102 g/mol. The summed E-state index contributed by atoms with van der Waals surface area (Å²) >= 11 is 0. The Hall–Kier alpha value is 0.354. The van der Waals surface area contributed by atoms with E-state index in [0.717, 1.165) is 15.3 Å². The molecule has 1 heterocycles. The molecule has 0 N–H and O–H groups in total. The molecule has 4 radical (unpaired) electrons. The maximum Gasteiger partial charge on any atom is 0.261 e. The van der Waals surface area contributed by atoms with Crippen molar-refractivity contribution in [1.82, 2.24) is 0 Å². The summed E-state index contributed by atoms with van der Waals surface area (Å²) in [7, 11) is 1.51. The Kier molecular flexibility index (Phi) is 1.21. The number of hydrogen-bond donors (Lipinski definition) is 0. The molecule has 0 unspecified atom stereocenters. The second-order valence-corrected chi connectivity index (χ2v) is 3.31. The van der Waals surface area contributed by atoms with Gasteiger partial charge in [-0.25, -0.2) is 0 Å². The van der Waals surface area contributed by atoms with Gasteiger partial charge in [-0.2, -0.15) is 0 Å². The summed E-state index contributed by atoms with van der Waals surface area (Å²) in [4.78, 5) is 4.47. The van der Waals surface area contributed by atoms with Crippen molar-refractivity contribution in [1.29, 1.82) is 0 Å². The van der Waals surface area contributed by atoms with E-state index in [9.17, 15) is 0 Å². The van der Waals surface area contributed by atoms with Crippen LogP contribution in [-0.4, -0.2) is 24.5 Å². The average molecular weight is 102 g/mol. The summed E-state index contributed by atoms with van der Waals surface area (Å²) in [6.45, 7) is 0. The Labute approximate surface area is 35.0 Å². The highest BCUT2D eigenvalue weighted by Crippen LogP contribution is 1.80. The number of hydrogen-bond acceptors (Lipinski definition) is 2. The Balaban J connectivity index is 2.08. The van der Waals surface area contributed by atoms with Crippen LogP contribution in [0, 0.1) is 0 Å². The Morgan fingerprint density at radius 1 is 1.60 bits per heavy atom. The summed E-state index contributed by atoms with van der Waals surface area (Å²) in [6, 6.07) is 0. The molecule has 0 aliphatic carbocycles. The Morgan fingerprint density at radius 3 is 2.80 bits per heavy atom. The zero-order valence-corrected chi connectivity index (χ0v) is 4.52. The van der Waals surface area contributed by atoms with Gasteiger partial charge < -0.3 is 0 Å². The van der Waals surface area contributed by atoms with Crippen LogP contribution in [-0.2, 0) is 9.46 Å². The molecule has 1 aliphatic heterocycles. The van der Waals surface area contributed by atoms with Crippen LogP contribution in [0.15, 0.2) is 0 Å². The molecule has 1 aliphatic rings. The van der Waals surface area contributed by atoms with Gasteiger partial charge in [0, 0.05) is 0 Å². The molecule has 2 nitrogen and oxygen atoms in total. The summed E-state index contributed by atoms with van der Waals surface area (Å²) < 4.78 is 4.48. The highest BCUT2D eigenvalue weighted by Gasteiger charge is 2.01. The zero-order chi connectivity index (χ0) is 3.54. The molecule has 0 saturated carbocycles. The zero-order valence-electron chi connectivity index (χ0n) is 2.52. The maximum absolute atomic E-state index is 4.48. The molecule has 0 aromatic rings. The van der Waals surface area contributed by atoms with Gasteiger partial charge in [-0.1, -0.05) is 0 Å². The lowest BCUT2D eigenvalue weighted by Crippen LogP contribution is -1.94. The molecule has 0 amide bonds. The van der Waals surface area contributed by atoms with E-state index in [1.165, 1.54) is 0 Å². The van der Waals surface area contributed by atoms with Crippen LogP contribution >= 0.6 is 0 Å². The van der Waals surface area contributed by atoms with Crippen LogP contribution in [0.25, 0.3) is 0 Å². The van der Waals surface area contributed by atoms with Gasteiger partial charge in [-0.3, -0.25) is 9.46 Å². The fourth-order valence-electron chi connectivity index (χ4n) is 0.147. The smallest absolute Gasteiger partial charge is 0.261 e.